The van der Waals surface area contributed by atoms with Crippen LogP contribution in [0.3, 0.4) is 0 Å². The van der Waals surface area contributed by atoms with E-state index in [4.69, 9.17) is 4.74 Å². The number of halogens is 1. The quantitative estimate of drug-likeness (QED) is 0.629. The van der Waals surface area contributed by atoms with Gasteiger partial charge in [0.15, 0.2) is 6.10 Å². The minimum atomic E-state index is -0.372. The number of esters is 1. The van der Waals surface area contributed by atoms with Crippen molar-refractivity contribution in [3.63, 3.8) is 0 Å². The van der Waals surface area contributed by atoms with Crippen LogP contribution in [0.25, 0.3) is 0 Å². The van der Waals surface area contributed by atoms with Crippen molar-refractivity contribution in [2.24, 2.45) is 0 Å². The van der Waals surface area contributed by atoms with E-state index in [2.05, 4.69) is 20.8 Å². The molecule has 0 aliphatic carbocycles. The summed E-state index contributed by atoms with van der Waals surface area (Å²) in [6.45, 7) is 9.39. The summed E-state index contributed by atoms with van der Waals surface area (Å²) in [6.07, 6.45) is 0.795. The van der Waals surface area contributed by atoms with Crippen molar-refractivity contribution in [1.29, 1.82) is 0 Å². The molecule has 0 fully saturated rings. The molecule has 0 bridgehead atoms. The third-order valence-corrected chi connectivity index (χ3v) is 4.76. The van der Waals surface area contributed by atoms with E-state index in [0.29, 0.717) is 0 Å². The van der Waals surface area contributed by atoms with Gasteiger partial charge in [-0.3, -0.25) is 4.79 Å². The van der Waals surface area contributed by atoms with Gasteiger partial charge in [0.2, 0.25) is 0 Å². The molecule has 0 amide bonds. The van der Waals surface area contributed by atoms with Crippen LogP contribution in [0.2, 0.25) is 0 Å². The summed E-state index contributed by atoms with van der Waals surface area (Å²) in [5.41, 5.74) is 1.95. The Balaban J connectivity index is 0.00000338. The van der Waals surface area contributed by atoms with E-state index < -0.39 is 0 Å². The Morgan fingerprint density at radius 2 is 1.35 bits per heavy atom. The second kappa shape index (κ2) is 11.7. The first-order valence-electron chi connectivity index (χ1n) is 9.33. The van der Waals surface area contributed by atoms with E-state index in [1.54, 1.807) is 0 Å². The molecular formula is C22H30ClNO2. The van der Waals surface area contributed by atoms with Crippen molar-refractivity contribution in [2.75, 3.05) is 19.6 Å². The maximum atomic E-state index is 13.0. The zero-order chi connectivity index (χ0) is 18.1. The third kappa shape index (κ3) is 6.15. The maximum absolute atomic E-state index is 13.0. The van der Waals surface area contributed by atoms with Crippen LogP contribution >= 0.6 is 0 Å². The highest BCUT2D eigenvalue weighted by Crippen LogP contribution is 2.26. The van der Waals surface area contributed by atoms with E-state index in [1.165, 1.54) is 4.90 Å². The molecule has 0 aliphatic rings. The fourth-order valence-electron chi connectivity index (χ4n) is 3.12. The lowest BCUT2D eigenvalue weighted by Crippen LogP contribution is -3.12. The highest BCUT2D eigenvalue weighted by molar-refractivity contribution is 5.82. The molecule has 1 unspecified atom stereocenters. The molecule has 0 spiro atoms. The highest BCUT2D eigenvalue weighted by atomic mass is 35.5. The minimum Gasteiger partial charge on any atom is -1.00 e. The van der Waals surface area contributed by atoms with Crippen LogP contribution in [-0.4, -0.2) is 31.7 Å². The number of carbonyl (C=O) groups excluding carboxylic acids is 1. The van der Waals surface area contributed by atoms with Gasteiger partial charge >= 0.3 is 5.97 Å². The first kappa shape index (κ1) is 22.2. The first-order chi connectivity index (χ1) is 12.2. The van der Waals surface area contributed by atoms with Gasteiger partial charge in [0.05, 0.1) is 13.1 Å². The third-order valence-electron chi connectivity index (χ3n) is 4.76. The summed E-state index contributed by atoms with van der Waals surface area (Å²) in [4.78, 5) is 14.5. The molecule has 0 heterocycles. The zero-order valence-electron chi connectivity index (χ0n) is 16.0. The van der Waals surface area contributed by atoms with E-state index in [-0.39, 0.29) is 30.4 Å². The Morgan fingerprint density at radius 3 is 1.73 bits per heavy atom. The van der Waals surface area contributed by atoms with Crippen molar-refractivity contribution in [3.05, 3.63) is 71.8 Å². The monoisotopic (exact) mass is 375 g/mol. The predicted molar refractivity (Wildman–Crippen MR) is 102 cm³/mol. The molecule has 4 heteroatoms. The van der Waals surface area contributed by atoms with Crippen LogP contribution in [0, 0.1) is 0 Å². The number of likely N-dealkylation sites (N-methyl/N-ethyl adjacent to an activating group) is 1. The molecule has 1 atom stereocenters. The second-order valence-electron chi connectivity index (χ2n) is 6.38. The van der Waals surface area contributed by atoms with Crippen molar-refractivity contribution >= 4 is 5.97 Å². The molecule has 142 valence electrons. The number of nitrogens with one attached hydrogen (secondary N) is 1. The SMILES string of the molecule is CCC(C[NH+](CC)CC)OC(=O)C(c1ccccc1)c1ccccc1.[Cl-]. The Morgan fingerprint density at radius 1 is 0.885 bits per heavy atom. The van der Waals surface area contributed by atoms with Gasteiger partial charge in [-0.1, -0.05) is 67.6 Å². The van der Waals surface area contributed by atoms with Crippen LogP contribution in [0.1, 0.15) is 44.2 Å². The van der Waals surface area contributed by atoms with Gasteiger partial charge in [-0.25, -0.2) is 0 Å². The summed E-state index contributed by atoms with van der Waals surface area (Å²) >= 11 is 0. The Bertz CT molecular complexity index is 590. The van der Waals surface area contributed by atoms with Crippen molar-refractivity contribution in [2.45, 2.75) is 39.2 Å². The zero-order valence-corrected chi connectivity index (χ0v) is 16.7. The normalized spacial score (nSPS) is 11.9. The molecule has 0 aromatic heterocycles. The summed E-state index contributed by atoms with van der Waals surface area (Å²) in [6, 6.07) is 19.8. The van der Waals surface area contributed by atoms with Crippen LogP contribution in [0.4, 0.5) is 0 Å². The van der Waals surface area contributed by atoms with Crippen LogP contribution in [0.15, 0.2) is 60.7 Å². The Kier molecular flexibility index (Phi) is 10.0. The van der Waals surface area contributed by atoms with E-state index in [1.807, 2.05) is 60.7 Å². The molecule has 0 aliphatic heterocycles. The number of hydrogen-bond donors (Lipinski definition) is 1. The molecule has 2 rings (SSSR count). The number of rotatable bonds is 9. The van der Waals surface area contributed by atoms with Crippen LogP contribution in [-0.2, 0) is 9.53 Å². The molecule has 2 aromatic carbocycles. The molecule has 0 saturated carbocycles. The first-order valence-corrected chi connectivity index (χ1v) is 9.33. The number of benzene rings is 2. The fraction of sp³-hybridized carbons (Fsp3) is 0.409. The van der Waals surface area contributed by atoms with Gasteiger partial charge in [-0.05, 0) is 31.4 Å². The van der Waals surface area contributed by atoms with Gasteiger partial charge in [0.1, 0.15) is 12.5 Å². The molecule has 2 aromatic rings. The molecule has 26 heavy (non-hydrogen) atoms. The number of hydrogen-bond acceptors (Lipinski definition) is 2. The molecule has 1 N–H and O–H groups in total. The summed E-state index contributed by atoms with van der Waals surface area (Å²) in [7, 11) is 0. The second-order valence-corrected chi connectivity index (χ2v) is 6.38. The largest absolute Gasteiger partial charge is 1.00 e. The van der Waals surface area contributed by atoms with Crippen LogP contribution in [0.5, 0.6) is 0 Å². The predicted octanol–water partition coefficient (Wildman–Crippen LogP) is 0.0690. The lowest BCUT2D eigenvalue weighted by molar-refractivity contribution is -0.899. The average molecular weight is 376 g/mol. The van der Waals surface area contributed by atoms with Gasteiger partial charge in [0.25, 0.3) is 0 Å². The fourth-order valence-corrected chi connectivity index (χ4v) is 3.12. The molecular weight excluding hydrogens is 346 g/mol. The Labute approximate surface area is 163 Å². The van der Waals surface area contributed by atoms with Crippen molar-refractivity contribution < 1.29 is 26.8 Å². The number of carbonyl (C=O) groups is 1. The van der Waals surface area contributed by atoms with Crippen molar-refractivity contribution in [3.8, 4) is 0 Å². The highest BCUT2D eigenvalue weighted by Gasteiger charge is 2.27. The molecule has 0 saturated heterocycles. The van der Waals surface area contributed by atoms with Gasteiger partial charge < -0.3 is 22.0 Å². The molecule has 0 radical (unpaired) electrons. The lowest BCUT2D eigenvalue weighted by atomic mass is 9.91. The van der Waals surface area contributed by atoms with Gasteiger partial charge in [-0.15, -0.1) is 0 Å². The lowest BCUT2D eigenvalue weighted by Gasteiger charge is -2.24. The topological polar surface area (TPSA) is 30.7 Å². The van der Waals surface area contributed by atoms with E-state index >= 15 is 0 Å². The standard InChI is InChI=1S/C22H29NO2.ClH/c1-4-20(17-23(5-2)6-3)25-22(24)21(18-13-9-7-10-14-18)19-15-11-8-12-16-19;/h7-16,20-21H,4-6,17H2,1-3H3;1H. The van der Waals surface area contributed by atoms with Crippen LogP contribution < -0.4 is 17.3 Å². The number of ether oxygens (including phenoxy) is 1. The summed E-state index contributed by atoms with van der Waals surface area (Å²) in [5.74, 6) is -0.529. The smallest absolute Gasteiger partial charge is 0.318 e. The van der Waals surface area contributed by atoms with Gasteiger partial charge in [0, 0.05) is 0 Å². The van der Waals surface area contributed by atoms with Crippen molar-refractivity contribution in [1.82, 2.24) is 0 Å². The summed E-state index contributed by atoms with van der Waals surface area (Å²) < 4.78 is 5.95. The Hall–Kier alpha value is -1.84. The number of quaternary nitrogens is 1. The van der Waals surface area contributed by atoms with Gasteiger partial charge in [-0.2, -0.15) is 0 Å². The van der Waals surface area contributed by atoms with E-state index in [0.717, 1.165) is 37.2 Å². The van der Waals surface area contributed by atoms with E-state index in [9.17, 15) is 4.79 Å². The average Bonchev–Trinajstić information content (AvgIpc) is 2.67. The maximum Gasteiger partial charge on any atom is 0.318 e. The minimum absolute atomic E-state index is 0. The molecule has 3 nitrogen and oxygen atoms in total. The summed E-state index contributed by atoms with van der Waals surface area (Å²) in [5, 5.41) is 0.